The number of nitrogens with zero attached hydrogens (tertiary/aromatic N) is 1. The first-order chi connectivity index (χ1) is 7.75. The highest BCUT2D eigenvalue weighted by molar-refractivity contribution is 5.87. The van der Waals surface area contributed by atoms with Crippen LogP contribution in [0.15, 0.2) is 18.2 Å². The molecule has 1 amide bonds. The zero-order chi connectivity index (χ0) is 11.1. The van der Waals surface area contributed by atoms with E-state index < -0.39 is 0 Å². The molecule has 1 unspecified atom stereocenters. The number of nitrogens with one attached hydrogen (secondary N) is 1. The summed E-state index contributed by atoms with van der Waals surface area (Å²) in [6, 6.07) is 6.60. The minimum Gasteiger partial charge on any atom is -0.358 e. The normalized spacial score (nSPS) is 23.4. The van der Waals surface area contributed by atoms with E-state index in [0.29, 0.717) is 0 Å². The van der Waals surface area contributed by atoms with E-state index in [4.69, 9.17) is 0 Å². The summed E-state index contributed by atoms with van der Waals surface area (Å²) >= 11 is 0. The van der Waals surface area contributed by atoms with Crippen molar-refractivity contribution in [1.29, 1.82) is 0 Å². The summed E-state index contributed by atoms with van der Waals surface area (Å²) < 4.78 is 0. The Labute approximate surface area is 95.4 Å². The number of hydrogen-bond acceptors (Lipinski definition) is 2. The van der Waals surface area contributed by atoms with E-state index in [1.165, 1.54) is 16.8 Å². The van der Waals surface area contributed by atoms with Crippen LogP contribution in [0.25, 0.3) is 0 Å². The first kappa shape index (κ1) is 9.70. The molecule has 1 atom stereocenters. The van der Waals surface area contributed by atoms with Crippen LogP contribution in [-0.4, -0.2) is 25.0 Å². The lowest BCUT2D eigenvalue weighted by Crippen LogP contribution is -2.57. The van der Waals surface area contributed by atoms with E-state index in [1.807, 2.05) is 0 Å². The second-order valence-electron chi connectivity index (χ2n) is 4.67. The fraction of sp³-hybridized carbons (Fsp3) is 0.462. The number of benzene rings is 1. The molecule has 2 aliphatic rings. The van der Waals surface area contributed by atoms with Crippen LogP contribution in [-0.2, 0) is 11.2 Å². The van der Waals surface area contributed by atoms with Crippen molar-refractivity contribution in [2.75, 3.05) is 18.0 Å². The van der Waals surface area contributed by atoms with Crippen LogP contribution >= 0.6 is 0 Å². The number of carbonyl (C=O) groups is 1. The lowest BCUT2D eigenvalue weighted by atomic mass is 9.93. The van der Waals surface area contributed by atoms with Gasteiger partial charge < -0.3 is 10.2 Å². The van der Waals surface area contributed by atoms with Crippen molar-refractivity contribution in [3.8, 4) is 0 Å². The number of hydrogen-bond donors (Lipinski definition) is 1. The van der Waals surface area contributed by atoms with Gasteiger partial charge in [-0.1, -0.05) is 17.7 Å². The average Bonchev–Trinajstić information content (AvgIpc) is 2.28. The van der Waals surface area contributed by atoms with Gasteiger partial charge in [-0.15, -0.1) is 0 Å². The Bertz CT molecular complexity index is 442. The SMILES string of the molecule is Cc1ccc2c(c1)CCC1C(=O)NCCN21. The van der Waals surface area contributed by atoms with E-state index >= 15 is 0 Å². The molecule has 3 nitrogen and oxygen atoms in total. The zero-order valence-electron chi connectivity index (χ0n) is 9.49. The van der Waals surface area contributed by atoms with Crippen molar-refractivity contribution in [2.24, 2.45) is 0 Å². The Morgan fingerprint density at radius 2 is 2.31 bits per heavy atom. The third kappa shape index (κ3) is 1.39. The molecule has 0 aliphatic carbocycles. The van der Waals surface area contributed by atoms with Gasteiger partial charge in [0.1, 0.15) is 6.04 Å². The van der Waals surface area contributed by atoms with Crippen molar-refractivity contribution in [3.63, 3.8) is 0 Å². The fourth-order valence-corrected chi connectivity index (χ4v) is 2.78. The molecule has 0 saturated carbocycles. The van der Waals surface area contributed by atoms with Gasteiger partial charge in [0.2, 0.25) is 5.91 Å². The molecule has 3 rings (SSSR count). The number of rotatable bonds is 0. The highest BCUT2D eigenvalue weighted by Crippen LogP contribution is 2.32. The third-order valence-electron chi connectivity index (χ3n) is 3.56. The van der Waals surface area contributed by atoms with E-state index in [2.05, 4.69) is 35.3 Å². The summed E-state index contributed by atoms with van der Waals surface area (Å²) in [6.45, 7) is 3.82. The molecule has 0 bridgehead atoms. The summed E-state index contributed by atoms with van der Waals surface area (Å²) in [5, 5.41) is 2.94. The minimum absolute atomic E-state index is 0.0592. The van der Waals surface area contributed by atoms with E-state index in [-0.39, 0.29) is 11.9 Å². The standard InChI is InChI=1S/C13H16N2O/c1-9-2-4-11-10(8-9)3-5-12-13(16)14-6-7-15(11)12/h2,4,8,12H,3,5-7H2,1H3,(H,14,16). The molecule has 1 N–H and O–H groups in total. The zero-order valence-corrected chi connectivity index (χ0v) is 9.49. The van der Waals surface area contributed by atoms with Crippen LogP contribution in [0, 0.1) is 6.92 Å². The first-order valence-electron chi connectivity index (χ1n) is 5.89. The van der Waals surface area contributed by atoms with Gasteiger partial charge in [0.05, 0.1) is 0 Å². The molecule has 1 saturated heterocycles. The van der Waals surface area contributed by atoms with Crippen molar-refractivity contribution in [3.05, 3.63) is 29.3 Å². The van der Waals surface area contributed by atoms with Crippen molar-refractivity contribution in [1.82, 2.24) is 5.32 Å². The number of piperazine rings is 1. The van der Waals surface area contributed by atoms with Gasteiger partial charge in [-0.25, -0.2) is 0 Å². The van der Waals surface area contributed by atoms with Crippen LogP contribution in [0.1, 0.15) is 17.5 Å². The van der Waals surface area contributed by atoms with E-state index in [9.17, 15) is 4.79 Å². The Hall–Kier alpha value is -1.51. The van der Waals surface area contributed by atoms with Gasteiger partial charge in [0, 0.05) is 18.8 Å². The van der Waals surface area contributed by atoms with Crippen LogP contribution in [0.4, 0.5) is 5.69 Å². The summed E-state index contributed by atoms with van der Waals surface area (Å²) in [5.41, 5.74) is 3.96. The second-order valence-corrected chi connectivity index (χ2v) is 4.67. The molecule has 16 heavy (non-hydrogen) atoms. The predicted octanol–water partition coefficient (Wildman–Crippen LogP) is 1.25. The first-order valence-corrected chi connectivity index (χ1v) is 5.89. The molecule has 3 heteroatoms. The smallest absolute Gasteiger partial charge is 0.242 e. The van der Waals surface area contributed by atoms with Gasteiger partial charge >= 0.3 is 0 Å². The monoisotopic (exact) mass is 216 g/mol. The number of carbonyl (C=O) groups excluding carboxylic acids is 1. The van der Waals surface area contributed by atoms with Crippen LogP contribution < -0.4 is 10.2 Å². The maximum atomic E-state index is 11.8. The summed E-state index contributed by atoms with van der Waals surface area (Å²) in [5.74, 6) is 0.192. The fourth-order valence-electron chi connectivity index (χ4n) is 2.78. The predicted molar refractivity (Wildman–Crippen MR) is 63.6 cm³/mol. The van der Waals surface area contributed by atoms with Gasteiger partial charge in [0.25, 0.3) is 0 Å². The molecule has 1 aromatic rings. The van der Waals surface area contributed by atoms with Gasteiger partial charge in [0.15, 0.2) is 0 Å². The van der Waals surface area contributed by atoms with Crippen LogP contribution in [0.3, 0.4) is 0 Å². The highest BCUT2D eigenvalue weighted by Gasteiger charge is 2.33. The van der Waals surface area contributed by atoms with Gasteiger partial charge in [-0.05, 0) is 31.4 Å². The molecule has 84 valence electrons. The summed E-state index contributed by atoms with van der Waals surface area (Å²) in [7, 11) is 0. The van der Waals surface area contributed by atoms with Crippen molar-refractivity contribution >= 4 is 11.6 Å². The van der Waals surface area contributed by atoms with E-state index in [1.54, 1.807) is 0 Å². The quantitative estimate of drug-likeness (QED) is 0.708. The molecule has 1 fully saturated rings. The van der Waals surface area contributed by atoms with Crippen molar-refractivity contribution < 1.29 is 4.79 Å². The number of anilines is 1. The lowest BCUT2D eigenvalue weighted by Gasteiger charge is -2.41. The maximum Gasteiger partial charge on any atom is 0.242 e. The van der Waals surface area contributed by atoms with Crippen molar-refractivity contribution in [2.45, 2.75) is 25.8 Å². The van der Waals surface area contributed by atoms with Gasteiger partial charge in [-0.3, -0.25) is 4.79 Å². The minimum atomic E-state index is 0.0592. The number of aryl methyl sites for hydroxylation is 2. The molecule has 0 aromatic heterocycles. The van der Waals surface area contributed by atoms with Crippen LogP contribution in [0.2, 0.25) is 0 Å². The topological polar surface area (TPSA) is 32.3 Å². The molecular formula is C13H16N2O. The lowest BCUT2D eigenvalue weighted by molar-refractivity contribution is -0.123. The third-order valence-corrected chi connectivity index (χ3v) is 3.56. The summed E-state index contributed by atoms with van der Waals surface area (Å²) in [6.07, 6.45) is 1.97. The molecule has 0 spiro atoms. The molecule has 2 heterocycles. The molecule has 2 aliphatic heterocycles. The Balaban J connectivity index is 2.02. The highest BCUT2D eigenvalue weighted by atomic mass is 16.2. The second kappa shape index (κ2) is 3.51. The molecule has 0 radical (unpaired) electrons. The number of fused-ring (bicyclic) bond motifs is 3. The van der Waals surface area contributed by atoms with Gasteiger partial charge in [-0.2, -0.15) is 0 Å². The summed E-state index contributed by atoms with van der Waals surface area (Å²) in [4.78, 5) is 14.0. The average molecular weight is 216 g/mol. The largest absolute Gasteiger partial charge is 0.358 e. The maximum absolute atomic E-state index is 11.8. The Morgan fingerprint density at radius 3 is 3.19 bits per heavy atom. The van der Waals surface area contributed by atoms with Crippen LogP contribution in [0.5, 0.6) is 0 Å². The Morgan fingerprint density at radius 1 is 1.44 bits per heavy atom. The van der Waals surface area contributed by atoms with E-state index in [0.717, 1.165) is 25.9 Å². The number of amides is 1. The Kier molecular flexibility index (Phi) is 2.13. The molecular weight excluding hydrogens is 200 g/mol. The molecule has 1 aromatic carbocycles.